The van der Waals surface area contributed by atoms with Crippen molar-refractivity contribution in [2.24, 2.45) is 30.0 Å². The molecule has 0 atom stereocenters. The summed E-state index contributed by atoms with van der Waals surface area (Å²) < 4.78 is 0. The first-order chi connectivity index (χ1) is 23.3. The van der Waals surface area contributed by atoms with Crippen LogP contribution in [0.2, 0.25) is 0 Å². The van der Waals surface area contributed by atoms with Crippen molar-refractivity contribution in [2.75, 3.05) is 0 Å². The molecule has 0 aliphatic carbocycles. The van der Waals surface area contributed by atoms with Crippen LogP contribution in [0.4, 0.5) is 0 Å². The van der Waals surface area contributed by atoms with Gasteiger partial charge in [-0.25, -0.2) is 4.90 Å². The smallest absolute Gasteiger partial charge is 0.213 e. The maximum atomic E-state index is 4.99. The molecular weight excluding hydrogens is 578 g/mol. The number of fused-ring (bicyclic) bond motifs is 1. The monoisotopic (exact) mass is 603 g/mol. The Balaban J connectivity index is 1.22. The molecule has 0 N–H and O–H groups in total. The molecule has 3 aliphatic heterocycles. The molecule has 7 heteroatoms. The number of hydrogen-bond donors (Lipinski definition) is 0. The minimum Gasteiger partial charge on any atom is -0.213 e. The largest absolute Gasteiger partial charge is 0.243 e. The van der Waals surface area contributed by atoms with Crippen LogP contribution in [0.5, 0.6) is 0 Å². The zero-order chi connectivity index (χ0) is 31.2. The summed E-state index contributed by atoms with van der Waals surface area (Å²) in [5.74, 6) is 2.85. The van der Waals surface area contributed by atoms with E-state index >= 15 is 0 Å². The predicted octanol–water partition coefficient (Wildman–Crippen LogP) is 8.22. The van der Waals surface area contributed by atoms with Crippen LogP contribution in [-0.2, 0) is 0 Å². The average Bonchev–Trinajstić information content (AvgIpc) is 3.15. The van der Waals surface area contributed by atoms with Gasteiger partial charge in [-0.2, -0.15) is 30.0 Å². The molecule has 0 aromatic heterocycles. The van der Waals surface area contributed by atoms with Crippen LogP contribution in [0.3, 0.4) is 0 Å². The highest BCUT2D eigenvalue weighted by atomic mass is 15.5. The van der Waals surface area contributed by atoms with Gasteiger partial charge in [-0.3, -0.25) is 0 Å². The highest BCUT2D eigenvalue weighted by Crippen LogP contribution is 2.28. The van der Waals surface area contributed by atoms with Crippen molar-refractivity contribution in [1.82, 2.24) is 4.90 Å². The number of rotatable bonds is 5. The first-order valence-electron chi connectivity index (χ1n) is 15.4. The average molecular weight is 604 g/mol. The fraction of sp³-hybridized carbons (Fsp3) is 0. The summed E-state index contributed by atoms with van der Waals surface area (Å²) in [6.45, 7) is 0. The SMILES string of the molecule is c1ccc(-c2cccc(C3=NC4=NC(c5cccc(-c6ccccc6)c5)=NC5=NC(c6cccc7ccccc67)=NC(=N3)N45)c2)cc1. The van der Waals surface area contributed by atoms with Gasteiger partial charge in [0.05, 0.1) is 0 Å². The lowest BCUT2D eigenvalue weighted by Gasteiger charge is -2.30. The fourth-order valence-electron chi connectivity index (χ4n) is 6.02. The minimum atomic E-state index is 0.421. The minimum absolute atomic E-state index is 0.421. The van der Waals surface area contributed by atoms with Gasteiger partial charge in [-0.1, -0.05) is 140 Å². The Bertz CT molecular complexity index is 2310. The normalized spacial score (nSPS) is 15.1. The van der Waals surface area contributed by atoms with Gasteiger partial charge in [0.25, 0.3) is 0 Å². The quantitative estimate of drug-likeness (QED) is 0.196. The number of hydrogen-bond acceptors (Lipinski definition) is 7. The van der Waals surface area contributed by atoms with E-state index < -0.39 is 0 Å². The van der Waals surface area contributed by atoms with Gasteiger partial charge in [0, 0.05) is 16.7 Å². The standard InChI is InChI=1S/C40H25N7/c1-3-12-26(13-4-1)29-18-9-20-31(24-29)35-41-38-42-36(32-21-10-19-30(25-32)27-14-5-2-6-15-27)44-40-46-37(45-39(43-35)47(38)40)34-23-11-17-28-16-7-8-22-33(28)34/h1-25H. The number of amidine groups is 3. The third-order valence-electron chi connectivity index (χ3n) is 8.32. The fourth-order valence-corrected chi connectivity index (χ4v) is 6.02. The zero-order valence-corrected chi connectivity index (χ0v) is 25.1. The van der Waals surface area contributed by atoms with E-state index in [1.807, 2.05) is 84.9 Å². The van der Waals surface area contributed by atoms with Gasteiger partial charge in [-0.05, 0) is 45.2 Å². The van der Waals surface area contributed by atoms with Crippen molar-refractivity contribution in [3.8, 4) is 22.3 Å². The molecule has 6 aromatic rings. The van der Waals surface area contributed by atoms with E-state index in [-0.39, 0.29) is 0 Å². The van der Waals surface area contributed by atoms with Crippen LogP contribution in [0.1, 0.15) is 16.7 Å². The number of aliphatic imine (C=N–C) groups is 6. The summed E-state index contributed by atoms with van der Waals surface area (Å²) >= 11 is 0. The maximum Gasteiger partial charge on any atom is 0.243 e. The third-order valence-corrected chi connectivity index (χ3v) is 8.32. The molecule has 0 radical (unpaired) electrons. The summed E-state index contributed by atoms with van der Waals surface area (Å²) in [6.07, 6.45) is 0. The lowest BCUT2D eigenvalue weighted by molar-refractivity contribution is 0.828. The van der Waals surface area contributed by atoms with E-state index in [1.54, 1.807) is 4.90 Å². The Morgan fingerprint density at radius 2 is 0.745 bits per heavy atom. The Kier molecular flexibility index (Phi) is 6.31. The molecule has 0 spiro atoms. The molecule has 3 aliphatic rings. The van der Waals surface area contributed by atoms with Crippen molar-refractivity contribution in [3.05, 3.63) is 168 Å². The Morgan fingerprint density at radius 3 is 1.34 bits per heavy atom. The van der Waals surface area contributed by atoms with Crippen LogP contribution < -0.4 is 0 Å². The molecule has 6 aromatic carbocycles. The highest BCUT2D eigenvalue weighted by molar-refractivity contribution is 6.34. The topological polar surface area (TPSA) is 77.4 Å². The molecule has 220 valence electrons. The van der Waals surface area contributed by atoms with Crippen LogP contribution >= 0.6 is 0 Å². The second-order valence-corrected chi connectivity index (χ2v) is 11.3. The maximum absolute atomic E-state index is 4.99. The molecule has 0 saturated carbocycles. The first-order valence-corrected chi connectivity index (χ1v) is 15.4. The molecule has 47 heavy (non-hydrogen) atoms. The molecule has 0 bridgehead atoms. The summed E-state index contributed by atoms with van der Waals surface area (Å²) in [5, 5.41) is 2.16. The predicted molar refractivity (Wildman–Crippen MR) is 191 cm³/mol. The molecule has 0 saturated heterocycles. The van der Waals surface area contributed by atoms with Gasteiger partial charge in [-0.15, -0.1) is 0 Å². The lowest BCUT2D eigenvalue weighted by Crippen LogP contribution is -2.48. The molecule has 0 unspecified atom stereocenters. The second kappa shape index (κ2) is 11.1. The van der Waals surface area contributed by atoms with Gasteiger partial charge in [0.15, 0.2) is 17.5 Å². The van der Waals surface area contributed by atoms with E-state index in [0.717, 1.165) is 49.7 Å². The summed E-state index contributed by atoms with van der Waals surface area (Å²) in [5.41, 5.74) is 7.01. The number of benzene rings is 6. The van der Waals surface area contributed by atoms with E-state index in [0.29, 0.717) is 35.4 Å². The number of guanidine groups is 3. The summed E-state index contributed by atoms with van der Waals surface area (Å²) in [4.78, 5) is 31.6. The van der Waals surface area contributed by atoms with E-state index in [1.165, 1.54) is 0 Å². The van der Waals surface area contributed by atoms with Gasteiger partial charge >= 0.3 is 0 Å². The zero-order valence-electron chi connectivity index (χ0n) is 25.1. The third kappa shape index (κ3) is 4.87. The van der Waals surface area contributed by atoms with Crippen molar-refractivity contribution < 1.29 is 0 Å². The van der Waals surface area contributed by atoms with Crippen LogP contribution in [0, 0.1) is 0 Å². The Labute approximate surface area is 271 Å². The molecule has 0 fully saturated rings. The first kappa shape index (κ1) is 26.8. The Hall–Kier alpha value is -6.60. The van der Waals surface area contributed by atoms with E-state index in [2.05, 4.69) is 66.7 Å². The number of nitrogens with zero attached hydrogens (tertiary/aromatic N) is 7. The highest BCUT2D eigenvalue weighted by Gasteiger charge is 2.36. The van der Waals surface area contributed by atoms with Gasteiger partial charge in [0.2, 0.25) is 17.9 Å². The molecule has 3 heterocycles. The van der Waals surface area contributed by atoms with Crippen LogP contribution in [0.25, 0.3) is 33.0 Å². The van der Waals surface area contributed by atoms with Crippen molar-refractivity contribution in [3.63, 3.8) is 0 Å². The Morgan fingerprint density at radius 1 is 0.319 bits per heavy atom. The molecule has 7 nitrogen and oxygen atoms in total. The summed E-state index contributed by atoms with van der Waals surface area (Å²) in [7, 11) is 0. The van der Waals surface area contributed by atoms with Crippen molar-refractivity contribution in [2.45, 2.75) is 0 Å². The van der Waals surface area contributed by atoms with Crippen LogP contribution in [0.15, 0.2) is 182 Å². The molecule has 0 amide bonds. The van der Waals surface area contributed by atoms with Crippen molar-refractivity contribution in [1.29, 1.82) is 0 Å². The van der Waals surface area contributed by atoms with E-state index in [9.17, 15) is 0 Å². The summed E-state index contributed by atoms with van der Waals surface area (Å²) in [6, 6.07) is 51.4. The van der Waals surface area contributed by atoms with Gasteiger partial charge < -0.3 is 0 Å². The van der Waals surface area contributed by atoms with Crippen LogP contribution in [-0.4, -0.2) is 40.3 Å². The second-order valence-electron chi connectivity index (χ2n) is 11.3. The molecular formula is C40H25N7. The van der Waals surface area contributed by atoms with Gasteiger partial charge in [0.1, 0.15) is 0 Å². The van der Waals surface area contributed by atoms with E-state index in [4.69, 9.17) is 30.0 Å². The molecule has 9 rings (SSSR count). The lowest BCUT2D eigenvalue weighted by atomic mass is 10.0. The van der Waals surface area contributed by atoms with Crippen molar-refractivity contribution >= 4 is 46.2 Å².